The lowest BCUT2D eigenvalue weighted by Crippen LogP contribution is -2.31. The fourth-order valence-corrected chi connectivity index (χ4v) is 4.53. The molecule has 1 atom stereocenters. The molecular formula is C22H17FINOS. The summed E-state index contributed by atoms with van der Waals surface area (Å²) in [5.74, 6) is -0.200. The second-order valence-corrected chi connectivity index (χ2v) is 8.61. The van der Waals surface area contributed by atoms with E-state index in [1.807, 2.05) is 17.5 Å². The Labute approximate surface area is 175 Å². The third kappa shape index (κ3) is 3.71. The first-order chi connectivity index (χ1) is 13.0. The van der Waals surface area contributed by atoms with Crippen molar-refractivity contribution in [3.8, 4) is 0 Å². The number of hydrogen-bond donors (Lipinski definition) is 0. The van der Waals surface area contributed by atoms with E-state index in [1.54, 1.807) is 30.4 Å². The molecule has 2 heterocycles. The lowest BCUT2D eigenvalue weighted by atomic mass is 9.89. The molecule has 1 unspecified atom stereocenters. The average Bonchev–Trinajstić information content (AvgIpc) is 3.17. The SMILES string of the molecule is CC(=O)CC1c2cc(F)ccc2C=C(c2ccsc2)N1c1ccc(I)cc1. The summed E-state index contributed by atoms with van der Waals surface area (Å²) in [6.07, 6.45) is 2.41. The van der Waals surface area contributed by atoms with Crippen LogP contribution >= 0.6 is 33.9 Å². The van der Waals surface area contributed by atoms with E-state index < -0.39 is 0 Å². The van der Waals surface area contributed by atoms with Crippen LogP contribution in [0.2, 0.25) is 0 Å². The summed E-state index contributed by atoms with van der Waals surface area (Å²) in [4.78, 5) is 14.3. The van der Waals surface area contributed by atoms with Crippen molar-refractivity contribution in [2.45, 2.75) is 19.4 Å². The minimum absolute atomic E-state index is 0.0808. The van der Waals surface area contributed by atoms with E-state index in [2.05, 4.69) is 57.1 Å². The molecule has 0 saturated carbocycles. The Morgan fingerprint density at radius 3 is 2.63 bits per heavy atom. The molecule has 136 valence electrons. The normalized spacial score (nSPS) is 16.0. The van der Waals surface area contributed by atoms with E-state index in [9.17, 15) is 9.18 Å². The van der Waals surface area contributed by atoms with E-state index in [-0.39, 0.29) is 17.6 Å². The largest absolute Gasteiger partial charge is 0.333 e. The lowest BCUT2D eigenvalue weighted by Gasteiger charge is -2.39. The molecule has 1 aliphatic heterocycles. The average molecular weight is 489 g/mol. The Hall–Kier alpha value is -1.99. The number of carbonyl (C=O) groups is 1. The van der Waals surface area contributed by atoms with Crippen LogP contribution in [0.5, 0.6) is 0 Å². The molecule has 0 aliphatic carbocycles. The molecule has 0 fully saturated rings. The summed E-state index contributed by atoms with van der Waals surface area (Å²) in [7, 11) is 0. The van der Waals surface area contributed by atoms with Crippen molar-refractivity contribution < 1.29 is 9.18 Å². The zero-order valence-electron chi connectivity index (χ0n) is 14.7. The van der Waals surface area contributed by atoms with Crippen LogP contribution in [0.3, 0.4) is 0 Å². The third-order valence-electron chi connectivity index (χ3n) is 4.67. The molecule has 0 radical (unpaired) electrons. The van der Waals surface area contributed by atoms with Crippen molar-refractivity contribution in [3.05, 3.63) is 85.4 Å². The van der Waals surface area contributed by atoms with Gasteiger partial charge in [-0.15, -0.1) is 0 Å². The minimum atomic E-state index is -0.280. The van der Waals surface area contributed by atoms with Crippen LogP contribution in [0.15, 0.2) is 59.3 Å². The maximum absolute atomic E-state index is 14.0. The summed E-state index contributed by atoms with van der Waals surface area (Å²) in [5.41, 5.74) is 4.94. The van der Waals surface area contributed by atoms with Gasteiger partial charge in [-0.1, -0.05) is 6.07 Å². The highest BCUT2D eigenvalue weighted by atomic mass is 127. The lowest BCUT2D eigenvalue weighted by molar-refractivity contribution is -0.117. The zero-order valence-corrected chi connectivity index (χ0v) is 17.6. The second-order valence-electron chi connectivity index (χ2n) is 6.58. The summed E-state index contributed by atoms with van der Waals surface area (Å²) >= 11 is 3.91. The van der Waals surface area contributed by atoms with Crippen LogP contribution in [0.4, 0.5) is 10.1 Å². The van der Waals surface area contributed by atoms with Gasteiger partial charge in [0.15, 0.2) is 0 Å². The maximum atomic E-state index is 14.0. The number of halogens is 2. The molecule has 2 aromatic carbocycles. The van der Waals surface area contributed by atoms with Crippen molar-refractivity contribution in [3.63, 3.8) is 0 Å². The maximum Gasteiger partial charge on any atom is 0.132 e. The van der Waals surface area contributed by atoms with Gasteiger partial charge in [0, 0.05) is 26.6 Å². The van der Waals surface area contributed by atoms with Crippen molar-refractivity contribution >= 4 is 57.2 Å². The van der Waals surface area contributed by atoms with E-state index in [0.29, 0.717) is 6.42 Å². The second kappa shape index (κ2) is 7.56. The number of anilines is 1. The van der Waals surface area contributed by atoms with Gasteiger partial charge in [-0.25, -0.2) is 4.39 Å². The molecule has 3 aromatic rings. The van der Waals surface area contributed by atoms with Crippen molar-refractivity contribution in [2.24, 2.45) is 0 Å². The van der Waals surface area contributed by atoms with E-state index in [1.165, 1.54) is 6.07 Å². The van der Waals surface area contributed by atoms with Crippen LogP contribution in [0.25, 0.3) is 11.8 Å². The fourth-order valence-electron chi connectivity index (χ4n) is 3.52. The van der Waals surface area contributed by atoms with Gasteiger partial charge in [0.05, 0.1) is 11.7 Å². The van der Waals surface area contributed by atoms with Gasteiger partial charge in [0.25, 0.3) is 0 Å². The van der Waals surface area contributed by atoms with Crippen LogP contribution in [0, 0.1) is 9.39 Å². The standard InChI is InChI=1S/C22H17FINOS/c1-14(26)10-22-20-12-17(23)3-2-15(20)11-21(16-8-9-27-13-16)25(22)19-6-4-18(24)5-7-19/h2-9,11-13,22H,10H2,1H3. The van der Waals surface area contributed by atoms with Gasteiger partial charge < -0.3 is 4.90 Å². The van der Waals surface area contributed by atoms with Gasteiger partial charge in [-0.3, -0.25) is 4.79 Å². The van der Waals surface area contributed by atoms with Gasteiger partial charge in [0.2, 0.25) is 0 Å². The number of benzene rings is 2. The highest BCUT2D eigenvalue weighted by Crippen LogP contribution is 2.44. The third-order valence-corrected chi connectivity index (χ3v) is 6.08. The Morgan fingerprint density at radius 2 is 1.96 bits per heavy atom. The molecule has 0 amide bonds. The Bertz CT molecular complexity index is 1010. The number of Topliss-reactive ketones (excluding diaryl/α,β-unsaturated/α-hetero) is 1. The predicted octanol–water partition coefficient (Wildman–Crippen LogP) is 6.53. The predicted molar refractivity (Wildman–Crippen MR) is 118 cm³/mol. The Morgan fingerprint density at radius 1 is 1.19 bits per heavy atom. The highest BCUT2D eigenvalue weighted by Gasteiger charge is 2.31. The van der Waals surface area contributed by atoms with Crippen LogP contribution in [-0.2, 0) is 4.79 Å². The molecule has 1 aliphatic rings. The first-order valence-corrected chi connectivity index (χ1v) is 10.6. The summed E-state index contributed by atoms with van der Waals surface area (Å²) in [5, 5.41) is 4.15. The number of hydrogen-bond acceptors (Lipinski definition) is 3. The number of ketones is 1. The highest BCUT2D eigenvalue weighted by molar-refractivity contribution is 14.1. The topological polar surface area (TPSA) is 20.3 Å². The van der Waals surface area contributed by atoms with E-state index >= 15 is 0 Å². The van der Waals surface area contributed by atoms with Gasteiger partial charge >= 0.3 is 0 Å². The van der Waals surface area contributed by atoms with Crippen LogP contribution in [-0.4, -0.2) is 5.78 Å². The number of rotatable bonds is 4. The molecule has 0 spiro atoms. The summed E-state index contributed by atoms with van der Waals surface area (Å²) < 4.78 is 15.2. The summed E-state index contributed by atoms with van der Waals surface area (Å²) in [6, 6.07) is 14.9. The molecule has 5 heteroatoms. The number of carbonyl (C=O) groups excluding carboxylic acids is 1. The zero-order chi connectivity index (χ0) is 19.0. The molecule has 0 saturated heterocycles. The number of fused-ring (bicyclic) bond motifs is 1. The van der Waals surface area contributed by atoms with Gasteiger partial charge in [-0.05, 0) is 94.6 Å². The molecule has 0 bridgehead atoms. The number of nitrogens with zero attached hydrogens (tertiary/aromatic N) is 1. The number of thiophene rings is 1. The molecule has 2 nitrogen and oxygen atoms in total. The van der Waals surface area contributed by atoms with E-state index in [0.717, 1.165) is 31.6 Å². The van der Waals surface area contributed by atoms with Crippen LogP contribution in [0.1, 0.15) is 36.1 Å². The minimum Gasteiger partial charge on any atom is -0.333 e. The quantitative estimate of drug-likeness (QED) is 0.389. The van der Waals surface area contributed by atoms with E-state index in [4.69, 9.17) is 0 Å². The molecule has 4 rings (SSSR count). The fraction of sp³-hybridized carbons (Fsp3) is 0.136. The monoisotopic (exact) mass is 489 g/mol. The Kier molecular flexibility index (Phi) is 5.14. The first-order valence-electron chi connectivity index (χ1n) is 8.61. The molecular weight excluding hydrogens is 472 g/mol. The molecule has 0 N–H and O–H groups in total. The van der Waals surface area contributed by atoms with Crippen molar-refractivity contribution in [1.82, 2.24) is 0 Å². The Balaban J connectivity index is 1.95. The first kappa shape index (κ1) is 18.4. The van der Waals surface area contributed by atoms with Gasteiger partial charge in [0.1, 0.15) is 11.6 Å². The summed E-state index contributed by atoms with van der Waals surface area (Å²) in [6.45, 7) is 1.59. The van der Waals surface area contributed by atoms with Gasteiger partial charge in [-0.2, -0.15) is 11.3 Å². The molecule has 27 heavy (non-hydrogen) atoms. The smallest absolute Gasteiger partial charge is 0.132 e. The van der Waals surface area contributed by atoms with Crippen molar-refractivity contribution in [2.75, 3.05) is 4.90 Å². The van der Waals surface area contributed by atoms with Crippen LogP contribution < -0.4 is 4.90 Å². The molecule has 1 aromatic heterocycles. The van der Waals surface area contributed by atoms with Crippen molar-refractivity contribution in [1.29, 1.82) is 0 Å².